The molecule has 0 radical (unpaired) electrons. The lowest BCUT2D eigenvalue weighted by atomic mass is 10.1. The molecule has 1 atom stereocenters. The number of nitrogens with one attached hydrogen (secondary N) is 1. The van der Waals surface area contributed by atoms with Crippen LogP contribution in [0.4, 0.5) is 0 Å². The summed E-state index contributed by atoms with van der Waals surface area (Å²) in [6, 6.07) is 5.56. The van der Waals surface area contributed by atoms with Crippen molar-refractivity contribution < 1.29 is 24.2 Å². The van der Waals surface area contributed by atoms with Crippen LogP contribution in [0.2, 0.25) is 0 Å². The predicted octanol–water partition coefficient (Wildman–Crippen LogP) is 0.282. The highest BCUT2D eigenvalue weighted by molar-refractivity contribution is 5.97. The Labute approximate surface area is 122 Å². The molecule has 0 saturated carbocycles. The SMILES string of the molecule is COCc1ccccc1C(=O)N[C@@H](CCC(N)=O)C(=O)O. The van der Waals surface area contributed by atoms with Crippen molar-refractivity contribution >= 4 is 17.8 Å². The molecule has 0 aliphatic carbocycles. The fraction of sp³-hybridized carbons (Fsp3) is 0.357. The second kappa shape index (κ2) is 8.01. The van der Waals surface area contributed by atoms with Crippen LogP contribution in [0, 0.1) is 0 Å². The third-order valence-electron chi connectivity index (χ3n) is 2.84. The average Bonchev–Trinajstić information content (AvgIpc) is 2.43. The van der Waals surface area contributed by atoms with Crippen LogP contribution in [0.3, 0.4) is 0 Å². The van der Waals surface area contributed by atoms with Gasteiger partial charge in [0, 0.05) is 19.1 Å². The summed E-state index contributed by atoms with van der Waals surface area (Å²) in [6.45, 7) is 0.239. The normalized spacial score (nSPS) is 11.7. The second-order valence-corrected chi connectivity index (χ2v) is 4.46. The number of amides is 2. The van der Waals surface area contributed by atoms with Crippen LogP contribution < -0.4 is 11.1 Å². The van der Waals surface area contributed by atoms with Crippen molar-refractivity contribution in [1.82, 2.24) is 5.32 Å². The minimum Gasteiger partial charge on any atom is -0.480 e. The molecule has 0 fully saturated rings. The highest BCUT2D eigenvalue weighted by atomic mass is 16.5. The van der Waals surface area contributed by atoms with E-state index >= 15 is 0 Å². The lowest BCUT2D eigenvalue weighted by Gasteiger charge is -2.15. The number of ether oxygens (including phenoxy) is 1. The highest BCUT2D eigenvalue weighted by Crippen LogP contribution is 2.11. The van der Waals surface area contributed by atoms with Crippen molar-refractivity contribution in [2.45, 2.75) is 25.5 Å². The quantitative estimate of drug-likeness (QED) is 0.636. The Bertz CT molecular complexity index is 530. The van der Waals surface area contributed by atoms with Gasteiger partial charge in [-0.1, -0.05) is 18.2 Å². The summed E-state index contributed by atoms with van der Waals surface area (Å²) in [5, 5.41) is 11.4. The number of nitrogens with two attached hydrogens (primary N) is 1. The van der Waals surface area contributed by atoms with E-state index in [4.69, 9.17) is 15.6 Å². The molecule has 0 bridgehead atoms. The van der Waals surface area contributed by atoms with Crippen LogP contribution in [0.5, 0.6) is 0 Å². The van der Waals surface area contributed by atoms with Crippen LogP contribution in [0.1, 0.15) is 28.8 Å². The van der Waals surface area contributed by atoms with Crippen molar-refractivity contribution in [2.24, 2.45) is 5.73 Å². The minimum atomic E-state index is -1.21. The van der Waals surface area contributed by atoms with Crippen molar-refractivity contribution in [2.75, 3.05) is 7.11 Å². The Morgan fingerprint density at radius 3 is 2.57 bits per heavy atom. The van der Waals surface area contributed by atoms with Gasteiger partial charge in [-0.2, -0.15) is 0 Å². The van der Waals surface area contributed by atoms with E-state index in [1.54, 1.807) is 24.3 Å². The number of hydrogen-bond donors (Lipinski definition) is 3. The summed E-state index contributed by atoms with van der Waals surface area (Å²) in [5.74, 6) is -2.36. The fourth-order valence-electron chi connectivity index (χ4n) is 1.80. The third-order valence-corrected chi connectivity index (χ3v) is 2.84. The second-order valence-electron chi connectivity index (χ2n) is 4.46. The molecule has 0 aliphatic heterocycles. The minimum absolute atomic E-state index is 0.0527. The summed E-state index contributed by atoms with van der Waals surface area (Å²) in [5.41, 5.74) is 5.97. The van der Waals surface area contributed by atoms with E-state index in [0.29, 0.717) is 11.1 Å². The van der Waals surface area contributed by atoms with E-state index in [0.717, 1.165) is 0 Å². The van der Waals surface area contributed by atoms with Gasteiger partial charge in [-0.15, -0.1) is 0 Å². The van der Waals surface area contributed by atoms with E-state index in [9.17, 15) is 14.4 Å². The van der Waals surface area contributed by atoms with Crippen molar-refractivity contribution in [1.29, 1.82) is 0 Å². The fourth-order valence-corrected chi connectivity index (χ4v) is 1.80. The third kappa shape index (κ3) is 5.23. The Morgan fingerprint density at radius 1 is 1.33 bits per heavy atom. The highest BCUT2D eigenvalue weighted by Gasteiger charge is 2.22. The van der Waals surface area contributed by atoms with Gasteiger partial charge < -0.3 is 20.9 Å². The van der Waals surface area contributed by atoms with E-state index < -0.39 is 23.8 Å². The molecular formula is C14H18N2O5. The number of carbonyl (C=O) groups excluding carboxylic acids is 2. The molecule has 0 spiro atoms. The van der Waals surface area contributed by atoms with E-state index in [-0.39, 0.29) is 19.4 Å². The Balaban J connectivity index is 2.82. The Kier molecular flexibility index (Phi) is 6.35. The standard InChI is InChI=1S/C14H18N2O5/c1-21-8-9-4-2-3-5-10(9)13(18)16-11(14(19)20)6-7-12(15)17/h2-5,11H,6-8H2,1H3,(H2,15,17)(H,16,18)(H,19,20)/t11-/m0/s1. The van der Waals surface area contributed by atoms with Gasteiger partial charge >= 0.3 is 5.97 Å². The molecule has 1 aromatic rings. The number of hydrogen-bond acceptors (Lipinski definition) is 4. The molecule has 0 aliphatic rings. The van der Waals surface area contributed by atoms with Gasteiger partial charge in [-0.05, 0) is 18.1 Å². The van der Waals surface area contributed by atoms with Gasteiger partial charge in [-0.25, -0.2) is 4.79 Å². The van der Waals surface area contributed by atoms with Gasteiger partial charge in [0.1, 0.15) is 6.04 Å². The number of benzene rings is 1. The summed E-state index contributed by atoms with van der Waals surface area (Å²) < 4.78 is 4.99. The lowest BCUT2D eigenvalue weighted by molar-refractivity contribution is -0.139. The summed E-state index contributed by atoms with van der Waals surface area (Å²) >= 11 is 0. The maximum absolute atomic E-state index is 12.2. The van der Waals surface area contributed by atoms with Crippen LogP contribution in [0.15, 0.2) is 24.3 Å². The number of rotatable bonds is 8. The molecule has 1 rings (SSSR count). The smallest absolute Gasteiger partial charge is 0.326 e. The van der Waals surface area contributed by atoms with Gasteiger partial charge in [0.05, 0.1) is 6.61 Å². The molecule has 0 saturated heterocycles. The molecule has 0 aromatic heterocycles. The molecular weight excluding hydrogens is 276 g/mol. The zero-order valence-corrected chi connectivity index (χ0v) is 11.7. The molecule has 1 aromatic carbocycles. The zero-order chi connectivity index (χ0) is 15.8. The first-order valence-corrected chi connectivity index (χ1v) is 6.34. The predicted molar refractivity (Wildman–Crippen MR) is 74.5 cm³/mol. The molecule has 7 heteroatoms. The van der Waals surface area contributed by atoms with Crippen molar-refractivity contribution in [3.8, 4) is 0 Å². The molecule has 2 amide bonds. The van der Waals surface area contributed by atoms with E-state index in [1.807, 2.05) is 0 Å². The monoisotopic (exact) mass is 294 g/mol. The van der Waals surface area contributed by atoms with Gasteiger partial charge in [0.2, 0.25) is 5.91 Å². The van der Waals surface area contributed by atoms with E-state index in [2.05, 4.69) is 5.32 Å². The molecule has 4 N–H and O–H groups in total. The van der Waals surface area contributed by atoms with Crippen LogP contribution in [0.25, 0.3) is 0 Å². The summed E-state index contributed by atoms with van der Waals surface area (Å²) in [7, 11) is 1.50. The van der Waals surface area contributed by atoms with Crippen molar-refractivity contribution in [3.05, 3.63) is 35.4 Å². The van der Waals surface area contributed by atoms with Gasteiger partial charge in [-0.3, -0.25) is 9.59 Å². The maximum Gasteiger partial charge on any atom is 0.326 e. The summed E-state index contributed by atoms with van der Waals surface area (Å²) in [4.78, 5) is 34.0. The van der Waals surface area contributed by atoms with Gasteiger partial charge in [0.15, 0.2) is 0 Å². The number of primary amides is 1. The Morgan fingerprint density at radius 2 is 2.00 bits per heavy atom. The molecule has 7 nitrogen and oxygen atoms in total. The zero-order valence-electron chi connectivity index (χ0n) is 11.7. The first kappa shape index (κ1) is 16.6. The lowest BCUT2D eigenvalue weighted by Crippen LogP contribution is -2.41. The molecule has 21 heavy (non-hydrogen) atoms. The molecule has 0 unspecified atom stereocenters. The number of carboxylic acids is 1. The van der Waals surface area contributed by atoms with Crippen LogP contribution in [-0.4, -0.2) is 36.0 Å². The first-order valence-electron chi connectivity index (χ1n) is 6.34. The topological polar surface area (TPSA) is 119 Å². The molecule has 0 heterocycles. The average molecular weight is 294 g/mol. The number of methoxy groups -OCH3 is 1. The number of carboxylic acid groups (broad SMARTS) is 1. The number of aliphatic carboxylic acids is 1. The summed E-state index contributed by atoms with van der Waals surface area (Å²) in [6.07, 6.45) is -0.167. The molecule has 114 valence electrons. The number of carbonyl (C=O) groups is 3. The van der Waals surface area contributed by atoms with Crippen LogP contribution in [-0.2, 0) is 20.9 Å². The Hall–Kier alpha value is -2.41. The maximum atomic E-state index is 12.2. The van der Waals surface area contributed by atoms with Crippen molar-refractivity contribution in [3.63, 3.8) is 0 Å². The van der Waals surface area contributed by atoms with E-state index in [1.165, 1.54) is 7.11 Å². The van der Waals surface area contributed by atoms with Gasteiger partial charge in [0.25, 0.3) is 5.91 Å². The van der Waals surface area contributed by atoms with Crippen LogP contribution >= 0.6 is 0 Å². The largest absolute Gasteiger partial charge is 0.480 e. The first-order chi connectivity index (χ1) is 9.95.